The fourth-order valence-electron chi connectivity index (χ4n) is 2.15. The van der Waals surface area contributed by atoms with Crippen LogP contribution in [0.15, 0.2) is 54.6 Å². The lowest BCUT2D eigenvalue weighted by Crippen LogP contribution is -2.42. The summed E-state index contributed by atoms with van der Waals surface area (Å²) in [5.74, 6) is -1.12. The Kier molecular flexibility index (Phi) is 6.33. The third-order valence-corrected chi connectivity index (χ3v) is 3.50. The molecule has 1 atom stereocenters. The fraction of sp³-hybridized carbons (Fsp3) is 0.222. The van der Waals surface area contributed by atoms with Crippen molar-refractivity contribution in [2.45, 2.75) is 25.6 Å². The smallest absolute Gasteiger partial charge is 0.408 e. The summed E-state index contributed by atoms with van der Waals surface area (Å²) in [6.45, 7) is 0.511. The molecule has 6 heteroatoms. The summed E-state index contributed by atoms with van der Waals surface area (Å²) in [7, 11) is 0. The van der Waals surface area contributed by atoms with Gasteiger partial charge >= 0.3 is 12.1 Å². The Labute approximate surface area is 140 Å². The van der Waals surface area contributed by atoms with Crippen LogP contribution in [-0.2, 0) is 29.1 Å². The molecule has 126 valence electrons. The molecule has 0 heterocycles. The standard InChI is InChI=1S/C18H20N2O4/c19-11-14-8-6-13(7-9-14)10-16(17(21)22)20-18(23)24-12-15-4-2-1-3-5-15/h1-9,16H,10-12,19H2,(H,20,23)(H,21,22)/t16-/m0/s1. The maximum atomic E-state index is 11.8. The maximum absolute atomic E-state index is 11.8. The van der Waals surface area contributed by atoms with E-state index in [0.29, 0.717) is 6.54 Å². The van der Waals surface area contributed by atoms with Crippen molar-refractivity contribution in [1.82, 2.24) is 5.32 Å². The largest absolute Gasteiger partial charge is 0.480 e. The molecule has 0 spiro atoms. The van der Waals surface area contributed by atoms with Crippen LogP contribution in [0.3, 0.4) is 0 Å². The summed E-state index contributed by atoms with van der Waals surface area (Å²) in [6, 6.07) is 15.4. The normalized spacial score (nSPS) is 11.5. The molecular weight excluding hydrogens is 308 g/mol. The fourth-order valence-corrected chi connectivity index (χ4v) is 2.15. The Bertz CT molecular complexity index is 671. The predicted octanol–water partition coefficient (Wildman–Crippen LogP) is 2.07. The summed E-state index contributed by atoms with van der Waals surface area (Å²) < 4.78 is 5.05. The van der Waals surface area contributed by atoms with E-state index < -0.39 is 18.1 Å². The SMILES string of the molecule is NCc1ccc(C[C@H](NC(=O)OCc2ccccc2)C(=O)O)cc1. The van der Waals surface area contributed by atoms with Crippen LogP contribution < -0.4 is 11.1 Å². The minimum atomic E-state index is -1.12. The Balaban J connectivity index is 1.90. The third-order valence-electron chi connectivity index (χ3n) is 3.50. The maximum Gasteiger partial charge on any atom is 0.408 e. The van der Waals surface area contributed by atoms with Crippen LogP contribution in [0.4, 0.5) is 4.79 Å². The van der Waals surface area contributed by atoms with E-state index in [1.807, 2.05) is 42.5 Å². The van der Waals surface area contributed by atoms with Crippen LogP contribution in [0.2, 0.25) is 0 Å². The van der Waals surface area contributed by atoms with Crippen molar-refractivity contribution in [2.24, 2.45) is 5.73 Å². The first kappa shape index (κ1) is 17.5. The summed E-state index contributed by atoms with van der Waals surface area (Å²) in [6.07, 6.45) is -0.592. The van der Waals surface area contributed by atoms with Gasteiger partial charge in [0.1, 0.15) is 12.6 Å². The van der Waals surface area contributed by atoms with Gasteiger partial charge in [-0.05, 0) is 16.7 Å². The lowest BCUT2D eigenvalue weighted by atomic mass is 10.0. The zero-order chi connectivity index (χ0) is 17.4. The van der Waals surface area contributed by atoms with Crippen LogP contribution in [-0.4, -0.2) is 23.2 Å². The molecule has 0 radical (unpaired) electrons. The summed E-state index contributed by atoms with van der Waals surface area (Å²) in [5, 5.41) is 11.7. The molecule has 0 aromatic heterocycles. The van der Waals surface area contributed by atoms with Gasteiger partial charge in [-0.25, -0.2) is 9.59 Å². The van der Waals surface area contributed by atoms with Gasteiger partial charge in [-0.3, -0.25) is 0 Å². The van der Waals surface area contributed by atoms with Gasteiger partial charge in [-0.2, -0.15) is 0 Å². The van der Waals surface area contributed by atoms with Gasteiger partial charge in [0.15, 0.2) is 0 Å². The van der Waals surface area contributed by atoms with Gasteiger partial charge < -0.3 is 20.9 Å². The number of nitrogens with two attached hydrogens (primary N) is 1. The Morgan fingerprint density at radius 2 is 1.62 bits per heavy atom. The molecule has 0 fully saturated rings. The number of nitrogens with one attached hydrogen (secondary N) is 1. The lowest BCUT2D eigenvalue weighted by molar-refractivity contribution is -0.139. The first-order valence-corrected chi connectivity index (χ1v) is 7.56. The summed E-state index contributed by atoms with van der Waals surface area (Å²) in [5.41, 5.74) is 8.11. The molecule has 2 aromatic carbocycles. The van der Waals surface area contributed by atoms with E-state index in [1.54, 1.807) is 12.1 Å². The number of carboxylic acids is 1. The Morgan fingerprint density at radius 3 is 2.21 bits per heavy atom. The third kappa shape index (κ3) is 5.40. The second kappa shape index (κ2) is 8.69. The first-order chi connectivity index (χ1) is 11.6. The van der Waals surface area contributed by atoms with Gasteiger partial charge in [0.05, 0.1) is 0 Å². The van der Waals surface area contributed by atoms with Crippen molar-refractivity contribution < 1.29 is 19.4 Å². The molecule has 6 nitrogen and oxygen atoms in total. The molecule has 0 bridgehead atoms. The van der Waals surface area contributed by atoms with Crippen LogP contribution in [0, 0.1) is 0 Å². The monoisotopic (exact) mass is 328 g/mol. The highest BCUT2D eigenvalue weighted by atomic mass is 16.5. The van der Waals surface area contributed by atoms with E-state index in [4.69, 9.17) is 10.5 Å². The number of amides is 1. The van der Waals surface area contributed by atoms with Crippen molar-refractivity contribution in [3.05, 3.63) is 71.3 Å². The zero-order valence-electron chi connectivity index (χ0n) is 13.1. The zero-order valence-corrected chi connectivity index (χ0v) is 13.1. The number of carbonyl (C=O) groups is 2. The van der Waals surface area contributed by atoms with Gasteiger partial charge in [0.25, 0.3) is 0 Å². The van der Waals surface area contributed by atoms with Crippen molar-refractivity contribution in [1.29, 1.82) is 0 Å². The average molecular weight is 328 g/mol. The van der Waals surface area contributed by atoms with Crippen molar-refractivity contribution in [2.75, 3.05) is 0 Å². The van der Waals surface area contributed by atoms with Gasteiger partial charge in [-0.1, -0.05) is 54.6 Å². The molecule has 0 saturated heterocycles. The molecule has 4 N–H and O–H groups in total. The molecule has 0 aliphatic carbocycles. The molecule has 2 rings (SSSR count). The number of hydrogen-bond acceptors (Lipinski definition) is 4. The predicted molar refractivity (Wildman–Crippen MR) is 89.2 cm³/mol. The average Bonchev–Trinajstić information content (AvgIpc) is 2.61. The van der Waals surface area contributed by atoms with Gasteiger partial charge in [0.2, 0.25) is 0 Å². The summed E-state index contributed by atoms with van der Waals surface area (Å²) >= 11 is 0. The van der Waals surface area contributed by atoms with Gasteiger partial charge in [0, 0.05) is 13.0 Å². The number of hydrogen-bond donors (Lipinski definition) is 3. The van der Waals surface area contributed by atoms with Gasteiger partial charge in [-0.15, -0.1) is 0 Å². The number of benzene rings is 2. The lowest BCUT2D eigenvalue weighted by Gasteiger charge is -2.15. The van der Waals surface area contributed by atoms with E-state index in [1.165, 1.54) is 0 Å². The summed E-state index contributed by atoms with van der Waals surface area (Å²) in [4.78, 5) is 23.2. The van der Waals surface area contributed by atoms with E-state index in [2.05, 4.69) is 5.32 Å². The number of aliphatic carboxylic acids is 1. The molecular formula is C18H20N2O4. The molecule has 0 unspecified atom stereocenters. The topological polar surface area (TPSA) is 102 Å². The first-order valence-electron chi connectivity index (χ1n) is 7.56. The number of alkyl carbamates (subject to hydrolysis) is 1. The molecule has 0 aliphatic rings. The molecule has 0 saturated carbocycles. The van der Waals surface area contributed by atoms with E-state index in [0.717, 1.165) is 16.7 Å². The highest BCUT2D eigenvalue weighted by Crippen LogP contribution is 2.08. The molecule has 1 amide bonds. The number of carbonyl (C=O) groups excluding carboxylic acids is 1. The van der Waals surface area contributed by atoms with Crippen LogP contribution >= 0.6 is 0 Å². The Hall–Kier alpha value is -2.86. The minimum absolute atomic E-state index is 0.0875. The highest BCUT2D eigenvalue weighted by molar-refractivity contribution is 5.80. The van der Waals surface area contributed by atoms with E-state index >= 15 is 0 Å². The van der Waals surface area contributed by atoms with Crippen molar-refractivity contribution in [3.63, 3.8) is 0 Å². The number of rotatable bonds is 7. The van der Waals surface area contributed by atoms with Crippen molar-refractivity contribution in [3.8, 4) is 0 Å². The number of ether oxygens (including phenoxy) is 1. The Morgan fingerprint density at radius 1 is 1.00 bits per heavy atom. The van der Waals surface area contributed by atoms with Crippen molar-refractivity contribution >= 4 is 12.1 Å². The molecule has 2 aromatic rings. The van der Waals surface area contributed by atoms with E-state index in [-0.39, 0.29) is 13.0 Å². The molecule has 24 heavy (non-hydrogen) atoms. The van der Waals surface area contributed by atoms with Crippen LogP contribution in [0.5, 0.6) is 0 Å². The quantitative estimate of drug-likeness (QED) is 0.722. The second-order valence-corrected chi connectivity index (χ2v) is 5.32. The minimum Gasteiger partial charge on any atom is -0.480 e. The van der Waals surface area contributed by atoms with Crippen LogP contribution in [0.1, 0.15) is 16.7 Å². The molecule has 0 aliphatic heterocycles. The highest BCUT2D eigenvalue weighted by Gasteiger charge is 2.21. The number of carboxylic acid groups (broad SMARTS) is 1. The van der Waals surface area contributed by atoms with E-state index in [9.17, 15) is 14.7 Å². The van der Waals surface area contributed by atoms with Crippen LogP contribution in [0.25, 0.3) is 0 Å². The second-order valence-electron chi connectivity index (χ2n) is 5.32.